The first kappa shape index (κ1) is 19.1. The molecule has 2 aliphatic rings. The number of ether oxygens (including phenoxy) is 1. The van der Waals surface area contributed by atoms with Crippen molar-refractivity contribution in [3.8, 4) is 5.75 Å². The molecule has 0 unspecified atom stereocenters. The molecule has 2 saturated heterocycles. The van der Waals surface area contributed by atoms with Crippen LogP contribution in [0.15, 0.2) is 48.5 Å². The minimum Gasteiger partial charge on any atom is -0.508 e. The first-order valence-electron chi connectivity index (χ1n) is 9.37. The number of imide groups is 1. The summed E-state index contributed by atoms with van der Waals surface area (Å²) in [6.45, 7) is 3.52. The molecule has 2 N–H and O–H groups in total. The molecule has 0 aromatic heterocycles. The number of amides is 2. The third kappa shape index (κ3) is 2.81. The summed E-state index contributed by atoms with van der Waals surface area (Å²) in [5, 5.41) is 12.8. The van der Waals surface area contributed by atoms with Gasteiger partial charge in [0.25, 0.3) is 0 Å². The van der Waals surface area contributed by atoms with Crippen LogP contribution >= 0.6 is 0 Å². The van der Waals surface area contributed by atoms with E-state index in [0.29, 0.717) is 11.3 Å². The Balaban J connectivity index is 1.81. The molecule has 2 aromatic carbocycles. The van der Waals surface area contributed by atoms with Crippen molar-refractivity contribution < 1.29 is 24.2 Å². The number of nitrogens with one attached hydrogen (secondary N) is 1. The van der Waals surface area contributed by atoms with Crippen molar-refractivity contribution in [1.29, 1.82) is 0 Å². The van der Waals surface area contributed by atoms with Gasteiger partial charge in [-0.1, -0.05) is 29.8 Å². The van der Waals surface area contributed by atoms with Gasteiger partial charge in [-0.15, -0.1) is 0 Å². The van der Waals surface area contributed by atoms with E-state index < -0.39 is 35.3 Å². The average Bonchev–Trinajstić information content (AvgIpc) is 3.17. The number of phenols is 1. The largest absolute Gasteiger partial charge is 0.508 e. The van der Waals surface area contributed by atoms with Gasteiger partial charge in [-0.3, -0.25) is 19.7 Å². The van der Waals surface area contributed by atoms with Crippen LogP contribution in [0.5, 0.6) is 5.75 Å². The Morgan fingerprint density at radius 2 is 1.69 bits per heavy atom. The van der Waals surface area contributed by atoms with Crippen molar-refractivity contribution in [3.05, 3.63) is 59.7 Å². The number of benzene rings is 2. The Morgan fingerprint density at radius 1 is 1.07 bits per heavy atom. The predicted octanol–water partition coefficient (Wildman–Crippen LogP) is 2.08. The summed E-state index contributed by atoms with van der Waals surface area (Å²) in [6, 6.07) is 12.9. The van der Waals surface area contributed by atoms with E-state index in [1.807, 2.05) is 19.1 Å². The molecule has 2 fully saturated rings. The molecule has 0 aliphatic carbocycles. The second-order valence-corrected chi connectivity index (χ2v) is 7.76. The normalized spacial score (nSPS) is 28.5. The number of hydrogen-bond acceptors (Lipinski definition) is 6. The smallest absolute Gasteiger partial charge is 0.326 e. The Morgan fingerprint density at radius 3 is 2.28 bits per heavy atom. The minimum absolute atomic E-state index is 0.0918. The Hall–Kier alpha value is -3.19. The number of phenolic OH excluding ortho intramolecular Hbond substituents is 1. The van der Waals surface area contributed by atoms with E-state index in [1.165, 1.54) is 24.1 Å². The lowest BCUT2D eigenvalue weighted by Crippen LogP contribution is -2.54. The lowest BCUT2D eigenvalue weighted by atomic mass is 9.80. The van der Waals surface area contributed by atoms with Crippen LogP contribution in [0.1, 0.15) is 24.1 Å². The highest BCUT2D eigenvalue weighted by Gasteiger charge is 2.67. The maximum Gasteiger partial charge on any atom is 0.326 e. The fourth-order valence-corrected chi connectivity index (χ4v) is 4.46. The molecule has 7 nitrogen and oxygen atoms in total. The molecule has 2 heterocycles. The van der Waals surface area contributed by atoms with Crippen molar-refractivity contribution in [3.63, 3.8) is 0 Å². The lowest BCUT2D eigenvalue weighted by molar-refractivity contribution is -0.151. The minimum atomic E-state index is -1.35. The van der Waals surface area contributed by atoms with Crippen LogP contribution in [-0.4, -0.2) is 35.5 Å². The number of aryl methyl sites for hydroxylation is 1. The van der Waals surface area contributed by atoms with Gasteiger partial charge >= 0.3 is 5.97 Å². The second-order valence-electron chi connectivity index (χ2n) is 7.76. The standard InChI is InChI=1S/C22H22N2O5/c1-12-4-8-14(9-5-12)24-19(26)16-17(20(24)27)22(2,21(28)29-3)23-18(16)13-6-10-15(25)11-7-13/h4-11,16-18,23,25H,1-3H3/t16-,17+,18+,22-/m1/s1. The number of esters is 1. The number of methoxy groups -OCH3 is 1. The van der Waals surface area contributed by atoms with E-state index in [2.05, 4.69) is 5.32 Å². The fourth-order valence-electron chi connectivity index (χ4n) is 4.46. The lowest BCUT2D eigenvalue weighted by Gasteiger charge is -2.28. The molecular weight excluding hydrogens is 372 g/mol. The number of anilines is 1. The monoisotopic (exact) mass is 394 g/mol. The van der Waals surface area contributed by atoms with E-state index in [-0.39, 0.29) is 11.7 Å². The molecule has 0 spiro atoms. The summed E-state index contributed by atoms with van der Waals surface area (Å²) < 4.78 is 4.97. The van der Waals surface area contributed by atoms with Gasteiger partial charge in [-0.2, -0.15) is 0 Å². The molecule has 4 atom stereocenters. The Bertz CT molecular complexity index is 985. The van der Waals surface area contributed by atoms with Crippen molar-refractivity contribution >= 4 is 23.5 Å². The topological polar surface area (TPSA) is 95.9 Å². The second kappa shape index (κ2) is 6.70. The van der Waals surface area contributed by atoms with Crippen LogP contribution in [0.2, 0.25) is 0 Å². The first-order valence-corrected chi connectivity index (χ1v) is 9.37. The van der Waals surface area contributed by atoms with Crippen molar-refractivity contribution in [2.24, 2.45) is 11.8 Å². The Kier molecular flexibility index (Phi) is 4.42. The highest BCUT2D eigenvalue weighted by molar-refractivity contribution is 6.24. The summed E-state index contributed by atoms with van der Waals surface area (Å²) in [5.41, 5.74) is 0.846. The highest BCUT2D eigenvalue weighted by Crippen LogP contribution is 2.50. The van der Waals surface area contributed by atoms with E-state index in [0.717, 1.165) is 5.56 Å². The fraction of sp³-hybridized carbons (Fsp3) is 0.318. The van der Waals surface area contributed by atoms with Crippen LogP contribution in [-0.2, 0) is 19.1 Å². The number of aromatic hydroxyl groups is 1. The zero-order valence-corrected chi connectivity index (χ0v) is 16.4. The molecule has 2 amide bonds. The number of carbonyl (C=O) groups is 3. The predicted molar refractivity (Wildman–Crippen MR) is 105 cm³/mol. The number of fused-ring (bicyclic) bond motifs is 1. The summed E-state index contributed by atoms with van der Waals surface area (Å²) >= 11 is 0. The average molecular weight is 394 g/mol. The summed E-state index contributed by atoms with van der Waals surface area (Å²) in [6.07, 6.45) is 0. The van der Waals surface area contributed by atoms with Gasteiger partial charge in [0.1, 0.15) is 11.3 Å². The quantitative estimate of drug-likeness (QED) is 0.611. The maximum absolute atomic E-state index is 13.4. The van der Waals surface area contributed by atoms with Crippen LogP contribution in [0.4, 0.5) is 5.69 Å². The summed E-state index contributed by atoms with van der Waals surface area (Å²) in [5.74, 6) is -2.96. The Labute approximate surface area is 168 Å². The van der Waals surface area contributed by atoms with Crippen LogP contribution in [0.3, 0.4) is 0 Å². The SMILES string of the molecule is COC(=O)[C@]1(C)N[C@@H](c2ccc(O)cc2)[C@@H]2C(=O)N(c3ccc(C)cc3)C(=O)[C@H]21. The van der Waals surface area contributed by atoms with Gasteiger partial charge in [-0.25, -0.2) is 4.90 Å². The van der Waals surface area contributed by atoms with Gasteiger partial charge in [0.15, 0.2) is 0 Å². The molecule has 0 saturated carbocycles. The van der Waals surface area contributed by atoms with Gasteiger partial charge in [-0.05, 0) is 43.7 Å². The van der Waals surface area contributed by atoms with Gasteiger partial charge in [0, 0.05) is 6.04 Å². The molecule has 0 radical (unpaired) electrons. The van der Waals surface area contributed by atoms with Crippen molar-refractivity contribution in [2.75, 3.05) is 12.0 Å². The molecule has 2 aromatic rings. The van der Waals surface area contributed by atoms with Gasteiger partial charge in [0.05, 0.1) is 24.6 Å². The number of nitrogens with zero attached hydrogens (tertiary/aromatic N) is 1. The summed E-state index contributed by atoms with van der Waals surface area (Å²) in [4.78, 5) is 40.6. The third-order valence-electron chi connectivity index (χ3n) is 5.94. The zero-order chi connectivity index (χ0) is 20.9. The zero-order valence-electron chi connectivity index (χ0n) is 16.4. The van der Waals surface area contributed by atoms with E-state index in [4.69, 9.17) is 4.74 Å². The maximum atomic E-state index is 13.4. The molecule has 7 heteroatoms. The van der Waals surface area contributed by atoms with Crippen LogP contribution < -0.4 is 10.2 Å². The van der Waals surface area contributed by atoms with E-state index in [1.54, 1.807) is 31.2 Å². The highest BCUT2D eigenvalue weighted by atomic mass is 16.5. The third-order valence-corrected chi connectivity index (χ3v) is 5.94. The number of rotatable bonds is 3. The van der Waals surface area contributed by atoms with Gasteiger partial charge in [0.2, 0.25) is 11.8 Å². The molecule has 29 heavy (non-hydrogen) atoms. The molecule has 150 valence electrons. The van der Waals surface area contributed by atoms with Crippen LogP contribution in [0, 0.1) is 18.8 Å². The van der Waals surface area contributed by atoms with Crippen LogP contribution in [0.25, 0.3) is 0 Å². The van der Waals surface area contributed by atoms with Crippen molar-refractivity contribution in [1.82, 2.24) is 5.32 Å². The van der Waals surface area contributed by atoms with Gasteiger partial charge < -0.3 is 9.84 Å². The molecular formula is C22H22N2O5. The molecule has 2 aliphatic heterocycles. The van der Waals surface area contributed by atoms with Crippen molar-refractivity contribution in [2.45, 2.75) is 25.4 Å². The number of hydrogen-bond donors (Lipinski definition) is 2. The molecule has 4 rings (SSSR count). The van der Waals surface area contributed by atoms with E-state index >= 15 is 0 Å². The first-order chi connectivity index (χ1) is 13.8. The number of carbonyl (C=O) groups excluding carboxylic acids is 3. The molecule has 0 bridgehead atoms. The summed E-state index contributed by atoms with van der Waals surface area (Å²) in [7, 11) is 1.26. The van der Waals surface area contributed by atoms with E-state index in [9.17, 15) is 19.5 Å².